The predicted molar refractivity (Wildman–Crippen MR) is 84.5 cm³/mol. The number of nitro groups is 2. The van der Waals surface area contributed by atoms with E-state index in [1.165, 1.54) is 24.3 Å². The van der Waals surface area contributed by atoms with Gasteiger partial charge < -0.3 is 4.18 Å². The molecule has 0 fully saturated rings. The zero-order valence-electron chi connectivity index (χ0n) is 11.8. The van der Waals surface area contributed by atoms with E-state index in [0.29, 0.717) is 0 Å². The van der Waals surface area contributed by atoms with Crippen molar-refractivity contribution in [2.24, 2.45) is 0 Å². The Kier molecular flexibility index (Phi) is 5.00. The van der Waals surface area contributed by atoms with E-state index < -0.39 is 25.7 Å². The van der Waals surface area contributed by atoms with Gasteiger partial charge in [0.05, 0.1) is 14.9 Å². The van der Waals surface area contributed by atoms with Gasteiger partial charge in [-0.05, 0) is 11.6 Å². The molecule has 0 aliphatic heterocycles. The van der Waals surface area contributed by atoms with Gasteiger partial charge in [0.15, 0.2) is 5.75 Å². The maximum absolute atomic E-state index is 12.0. The van der Waals surface area contributed by atoms with Crippen LogP contribution in [0, 0.1) is 20.2 Å². The lowest BCUT2D eigenvalue weighted by molar-refractivity contribution is -0.385. The molecule has 11 heteroatoms. The molecule has 0 saturated heterocycles. The molecule has 0 heterocycles. The smallest absolute Gasteiger partial charge is 0.313 e. The number of halogens is 1. The van der Waals surface area contributed by atoms with E-state index in [0.717, 1.165) is 18.2 Å². The minimum atomic E-state index is -4.10. The fourth-order valence-corrected chi connectivity index (χ4v) is 3.09. The zero-order valence-corrected chi connectivity index (χ0v) is 13.4. The Balaban J connectivity index is 2.16. The second-order valence-electron chi connectivity index (χ2n) is 4.58. The summed E-state index contributed by atoms with van der Waals surface area (Å²) in [5.74, 6) is -0.789. The molecule has 0 amide bonds. The SMILES string of the molecule is O=[N+]([O-])c1ccc(CS(=O)(=O)Oc2ccc([N+](=O)[O-])cc2Cl)cc1. The van der Waals surface area contributed by atoms with Crippen molar-refractivity contribution in [3.63, 3.8) is 0 Å². The van der Waals surface area contributed by atoms with Gasteiger partial charge in [-0.2, -0.15) is 8.42 Å². The average molecular weight is 373 g/mol. The van der Waals surface area contributed by atoms with Crippen molar-refractivity contribution in [3.05, 3.63) is 73.3 Å². The fourth-order valence-electron chi connectivity index (χ4n) is 1.76. The Morgan fingerprint density at radius 3 is 2.00 bits per heavy atom. The van der Waals surface area contributed by atoms with Gasteiger partial charge in [-0.25, -0.2) is 0 Å². The quantitative estimate of drug-likeness (QED) is 0.432. The van der Waals surface area contributed by atoms with Gasteiger partial charge in [0.1, 0.15) is 5.75 Å². The number of rotatable bonds is 6. The van der Waals surface area contributed by atoms with Gasteiger partial charge in [-0.3, -0.25) is 20.2 Å². The van der Waals surface area contributed by atoms with E-state index in [1.54, 1.807) is 0 Å². The molecule has 126 valence electrons. The van der Waals surface area contributed by atoms with E-state index in [9.17, 15) is 28.6 Å². The summed E-state index contributed by atoms with van der Waals surface area (Å²) in [7, 11) is -4.10. The molecule has 0 aliphatic rings. The van der Waals surface area contributed by atoms with Gasteiger partial charge in [0.2, 0.25) is 0 Å². The molecule has 24 heavy (non-hydrogen) atoms. The second kappa shape index (κ2) is 6.81. The third-order valence-corrected chi connectivity index (χ3v) is 4.25. The Hall–Kier alpha value is -2.72. The van der Waals surface area contributed by atoms with Crippen LogP contribution in [0.5, 0.6) is 5.75 Å². The zero-order chi connectivity index (χ0) is 17.9. The number of nitro benzene ring substituents is 2. The minimum Gasteiger partial charge on any atom is -0.381 e. The lowest BCUT2D eigenvalue weighted by atomic mass is 10.2. The molecular weight excluding hydrogens is 364 g/mol. The van der Waals surface area contributed by atoms with Gasteiger partial charge in [-0.1, -0.05) is 23.7 Å². The summed E-state index contributed by atoms with van der Waals surface area (Å²) in [4.78, 5) is 19.9. The van der Waals surface area contributed by atoms with Crippen LogP contribution in [0.1, 0.15) is 5.56 Å². The molecule has 0 N–H and O–H groups in total. The standard InChI is InChI=1S/C13H9ClN2O7S/c14-12-7-11(16(19)20)5-6-13(12)23-24(21,22)8-9-1-3-10(4-2-9)15(17)18/h1-7H,8H2. The number of hydrogen-bond donors (Lipinski definition) is 0. The van der Waals surface area contributed by atoms with Crippen LogP contribution >= 0.6 is 11.6 Å². The van der Waals surface area contributed by atoms with Crippen LogP contribution in [0.15, 0.2) is 42.5 Å². The summed E-state index contributed by atoms with van der Waals surface area (Å²) in [6.45, 7) is 0. The molecule has 0 aliphatic carbocycles. The van der Waals surface area contributed by atoms with Crippen LogP contribution in [0.2, 0.25) is 5.02 Å². The molecule has 0 aromatic heterocycles. The van der Waals surface area contributed by atoms with Crippen molar-refractivity contribution in [2.45, 2.75) is 5.75 Å². The molecule has 2 aromatic carbocycles. The summed E-state index contributed by atoms with van der Waals surface area (Å²) in [6, 6.07) is 8.02. The van der Waals surface area contributed by atoms with Crippen LogP contribution < -0.4 is 4.18 Å². The largest absolute Gasteiger partial charge is 0.381 e. The van der Waals surface area contributed by atoms with E-state index in [1.807, 2.05) is 0 Å². The van der Waals surface area contributed by atoms with E-state index in [-0.39, 0.29) is 27.7 Å². The molecule has 0 atom stereocenters. The van der Waals surface area contributed by atoms with Crippen LogP contribution in [-0.2, 0) is 15.9 Å². The first-order chi connectivity index (χ1) is 11.2. The third-order valence-electron chi connectivity index (χ3n) is 2.83. The molecule has 0 unspecified atom stereocenters. The number of hydrogen-bond acceptors (Lipinski definition) is 7. The topological polar surface area (TPSA) is 130 Å². The summed E-state index contributed by atoms with van der Waals surface area (Å²) in [5.41, 5.74) is -0.200. The highest BCUT2D eigenvalue weighted by molar-refractivity contribution is 7.86. The molecule has 9 nitrogen and oxygen atoms in total. The maximum Gasteiger partial charge on any atom is 0.313 e. The lowest BCUT2D eigenvalue weighted by Crippen LogP contribution is -2.12. The average Bonchev–Trinajstić information content (AvgIpc) is 2.49. The molecule has 2 aromatic rings. The summed E-state index contributed by atoms with van der Waals surface area (Å²) in [5, 5.41) is 20.9. The molecule has 0 spiro atoms. The van der Waals surface area contributed by atoms with Crippen LogP contribution in [0.4, 0.5) is 11.4 Å². The first-order valence-corrected chi connectivity index (χ1v) is 8.23. The summed E-state index contributed by atoms with van der Waals surface area (Å²) >= 11 is 5.77. The Labute approximate surface area is 140 Å². The van der Waals surface area contributed by atoms with Gasteiger partial charge in [0.25, 0.3) is 11.4 Å². The molecule has 0 bridgehead atoms. The van der Waals surface area contributed by atoms with Gasteiger partial charge in [0, 0.05) is 24.3 Å². The van der Waals surface area contributed by atoms with Gasteiger partial charge >= 0.3 is 10.1 Å². The van der Waals surface area contributed by atoms with Crippen molar-refractivity contribution >= 4 is 33.1 Å². The second-order valence-corrected chi connectivity index (χ2v) is 6.56. The normalized spacial score (nSPS) is 11.0. The highest BCUT2D eigenvalue weighted by Crippen LogP contribution is 2.30. The number of non-ortho nitro benzene ring substituents is 2. The van der Waals surface area contributed by atoms with E-state index >= 15 is 0 Å². The maximum atomic E-state index is 12.0. The van der Waals surface area contributed by atoms with Crippen molar-refractivity contribution in [1.82, 2.24) is 0 Å². The number of nitrogens with zero attached hydrogens (tertiary/aromatic N) is 2. The highest BCUT2D eigenvalue weighted by atomic mass is 35.5. The van der Waals surface area contributed by atoms with E-state index in [4.69, 9.17) is 15.8 Å². The third kappa shape index (κ3) is 4.40. The highest BCUT2D eigenvalue weighted by Gasteiger charge is 2.18. The fraction of sp³-hybridized carbons (Fsp3) is 0.0769. The Morgan fingerprint density at radius 1 is 0.958 bits per heavy atom. The lowest BCUT2D eigenvalue weighted by Gasteiger charge is -2.08. The summed E-state index contributed by atoms with van der Waals surface area (Å²) < 4.78 is 28.9. The van der Waals surface area contributed by atoms with Crippen LogP contribution in [0.25, 0.3) is 0 Å². The van der Waals surface area contributed by atoms with E-state index in [2.05, 4.69) is 0 Å². The minimum absolute atomic E-state index is 0.171. The van der Waals surface area contributed by atoms with Crippen molar-refractivity contribution < 1.29 is 22.4 Å². The molecule has 0 saturated carbocycles. The van der Waals surface area contributed by atoms with Crippen LogP contribution in [-0.4, -0.2) is 18.3 Å². The van der Waals surface area contributed by atoms with Crippen LogP contribution in [0.3, 0.4) is 0 Å². The monoisotopic (exact) mass is 372 g/mol. The number of benzene rings is 2. The summed E-state index contributed by atoms with van der Waals surface area (Å²) in [6.07, 6.45) is 0. The van der Waals surface area contributed by atoms with Gasteiger partial charge in [-0.15, -0.1) is 0 Å². The first kappa shape index (κ1) is 17.6. The van der Waals surface area contributed by atoms with Crippen molar-refractivity contribution in [3.8, 4) is 5.75 Å². The molecule has 0 radical (unpaired) electrons. The van der Waals surface area contributed by atoms with Crippen molar-refractivity contribution in [2.75, 3.05) is 0 Å². The molecule has 2 rings (SSSR count). The molecular formula is C13H9ClN2O7S. The predicted octanol–water partition coefficient (Wildman–Crippen LogP) is 3.07. The Bertz CT molecular complexity index is 897. The Morgan fingerprint density at radius 2 is 1.50 bits per heavy atom. The van der Waals surface area contributed by atoms with Crippen molar-refractivity contribution in [1.29, 1.82) is 0 Å². The first-order valence-electron chi connectivity index (χ1n) is 6.27.